The lowest BCUT2D eigenvalue weighted by molar-refractivity contribution is -0.172. The van der Waals surface area contributed by atoms with Gasteiger partial charge in [0.1, 0.15) is 12.1 Å². The molecule has 2 aliphatic heterocycles. The third-order valence-electron chi connectivity index (χ3n) is 6.07. The maximum Gasteiger partial charge on any atom is 0.254 e. The van der Waals surface area contributed by atoms with E-state index in [0.717, 1.165) is 32.1 Å². The molecule has 2 atom stereocenters. The van der Waals surface area contributed by atoms with Crippen LogP contribution in [0.25, 0.3) is 0 Å². The lowest BCUT2D eigenvalue weighted by Gasteiger charge is -2.26. The number of anilines is 2. The summed E-state index contributed by atoms with van der Waals surface area (Å²) < 4.78 is 0. The first-order valence-electron chi connectivity index (χ1n) is 10.5. The average molecular weight is 435 g/mol. The molecule has 32 heavy (non-hydrogen) atoms. The van der Waals surface area contributed by atoms with Gasteiger partial charge in [-0.15, -0.1) is 0 Å². The molecule has 0 radical (unpaired) electrons. The molecule has 2 unspecified atom stereocenters. The number of carbonyl (C=O) groups is 4. The lowest BCUT2D eigenvalue weighted by Crippen LogP contribution is -2.49. The standard InChI is InChI=1S/C24H25N3O5/c1-13-5-7-17(15(3)9-13)25-21(28)11-19(23(25)30)27(32)20-12-22(29)26(24(20)31)18-8-6-14(2)10-16(18)4/h5-10,19-20,32H,11-12H2,1-4H3. The van der Waals surface area contributed by atoms with E-state index in [4.69, 9.17) is 0 Å². The fraction of sp³-hybridized carbons (Fsp3) is 0.333. The number of aryl methyl sites for hydroxylation is 4. The average Bonchev–Trinajstić information content (AvgIpc) is 3.17. The van der Waals surface area contributed by atoms with Crippen LogP contribution in [0.5, 0.6) is 0 Å². The summed E-state index contributed by atoms with van der Waals surface area (Å²) in [7, 11) is 0. The van der Waals surface area contributed by atoms with E-state index in [1.807, 2.05) is 26.0 Å². The van der Waals surface area contributed by atoms with Crippen LogP contribution in [0, 0.1) is 27.7 Å². The van der Waals surface area contributed by atoms with E-state index in [1.165, 1.54) is 0 Å². The predicted octanol–water partition coefficient (Wildman–Crippen LogP) is 2.58. The molecular formula is C24H25N3O5. The summed E-state index contributed by atoms with van der Waals surface area (Å²) in [5.74, 6) is -2.16. The van der Waals surface area contributed by atoms with E-state index < -0.39 is 35.7 Å². The van der Waals surface area contributed by atoms with Crippen molar-refractivity contribution in [1.82, 2.24) is 5.06 Å². The first-order chi connectivity index (χ1) is 15.1. The Labute approximate surface area is 186 Å². The Morgan fingerprint density at radius 3 is 1.44 bits per heavy atom. The van der Waals surface area contributed by atoms with E-state index in [1.54, 1.807) is 38.1 Å². The first kappa shape index (κ1) is 21.9. The monoisotopic (exact) mass is 435 g/mol. The molecule has 0 aromatic heterocycles. The summed E-state index contributed by atoms with van der Waals surface area (Å²) in [5.41, 5.74) is 4.40. The molecule has 0 bridgehead atoms. The molecule has 0 aliphatic carbocycles. The van der Waals surface area contributed by atoms with Gasteiger partial charge >= 0.3 is 0 Å². The van der Waals surface area contributed by atoms with Crippen LogP contribution in [0.4, 0.5) is 11.4 Å². The van der Waals surface area contributed by atoms with Crippen molar-refractivity contribution < 1.29 is 24.4 Å². The molecule has 166 valence electrons. The van der Waals surface area contributed by atoms with Gasteiger partial charge < -0.3 is 5.21 Å². The number of nitrogens with zero attached hydrogens (tertiary/aromatic N) is 3. The Balaban J connectivity index is 1.59. The van der Waals surface area contributed by atoms with E-state index in [-0.39, 0.29) is 12.8 Å². The Morgan fingerprint density at radius 1 is 0.719 bits per heavy atom. The van der Waals surface area contributed by atoms with Crippen molar-refractivity contribution in [2.75, 3.05) is 9.80 Å². The molecule has 0 spiro atoms. The molecule has 0 saturated carbocycles. The third-order valence-corrected chi connectivity index (χ3v) is 6.07. The Morgan fingerprint density at radius 2 is 1.09 bits per heavy atom. The van der Waals surface area contributed by atoms with E-state index in [9.17, 15) is 24.4 Å². The van der Waals surface area contributed by atoms with Gasteiger partial charge in [-0.05, 0) is 51.0 Å². The van der Waals surface area contributed by atoms with Crippen molar-refractivity contribution in [3.05, 3.63) is 58.7 Å². The van der Waals surface area contributed by atoms with E-state index in [2.05, 4.69) is 0 Å². The van der Waals surface area contributed by atoms with Crippen LogP contribution in [-0.4, -0.2) is 46.0 Å². The van der Waals surface area contributed by atoms with Crippen LogP contribution in [0.2, 0.25) is 0 Å². The van der Waals surface area contributed by atoms with Gasteiger partial charge in [-0.2, -0.15) is 5.06 Å². The minimum atomic E-state index is -1.23. The SMILES string of the molecule is Cc1ccc(N2C(=O)CC(N(O)C3CC(=O)N(c4ccc(C)cc4C)C3=O)C2=O)c(C)c1. The van der Waals surface area contributed by atoms with Gasteiger partial charge in [0.15, 0.2) is 0 Å². The fourth-order valence-electron chi connectivity index (χ4n) is 4.48. The molecule has 4 amide bonds. The molecule has 2 aromatic carbocycles. The quantitative estimate of drug-likeness (QED) is 0.586. The Bertz CT molecular complexity index is 1070. The molecule has 2 aliphatic rings. The number of hydrogen-bond acceptors (Lipinski definition) is 6. The van der Waals surface area contributed by atoms with Gasteiger partial charge in [0.2, 0.25) is 11.8 Å². The second-order valence-corrected chi connectivity index (χ2v) is 8.53. The summed E-state index contributed by atoms with van der Waals surface area (Å²) in [5, 5.41) is 11.4. The number of amides is 4. The second kappa shape index (κ2) is 7.96. The van der Waals surface area contributed by atoms with Gasteiger partial charge in [0.25, 0.3) is 11.8 Å². The van der Waals surface area contributed by atoms with Crippen molar-refractivity contribution in [2.24, 2.45) is 0 Å². The molecule has 2 heterocycles. The van der Waals surface area contributed by atoms with Crippen molar-refractivity contribution >= 4 is 35.0 Å². The fourth-order valence-corrected chi connectivity index (χ4v) is 4.48. The highest BCUT2D eigenvalue weighted by atomic mass is 16.5. The van der Waals surface area contributed by atoms with Gasteiger partial charge in [-0.3, -0.25) is 19.2 Å². The Hall–Kier alpha value is -3.36. The third kappa shape index (κ3) is 3.51. The molecule has 4 rings (SSSR count). The molecule has 2 fully saturated rings. The zero-order valence-corrected chi connectivity index (χ0v) is 18.5. The minimum Gasteiger partial charge on any atom is -0.312 e. The highest BCUT2D eigenvalue weighted by Crippen LogP contribution is 2.33. The smallest absolute Gasteiger partial charge is 0.254 e. The molecule has 2 aromatic rings. The van der Waals surface area contributed by atoms with Crippen molar-refractivity contribution in [1.29, 1.82) is 0 Å². The molecule has 8 heteroatoms. The van der Waals surface area contributed by atoms with E-state index >= 15 is 0 Å². The summed E-state index contributed by atoms with van der Waals surface area (Å²) in [4.78, 5) is 53.6. The van der Waals surface area contributed by atoms with Crippen LogP contribution < -0.4 is 9.80 Å². The zero-order chi connectivity index (χ0) is 23.3. The molecule has 1 N–H and O–H groups in total. The van der Waals surface area contributed by atoms with Crippen molar-refractivity contribution in [3.63, 3.8) is 0 Å². The highest BCUT2D eigenvalue weighted by molar-refractivity contribution is 6.24. The Kier molecular flexibility index (Phi) is 5.44. The van der Waals surface area contributed by atoms with Gasteiger partial charge in [0, 0.05) is 0 Å². The number of carbonyl (C=O) groups excluding carboxylic acids is 4. The summed E-state index contributed by atoms with van der Waals surface area (Å²) in [6.45, 7) is 7.42. The van der Waals surface area contributed by atoms with Gasteiger partial charge in [-0.25, -0.2) is 9.80 Å². The van der Waals surface area contributed by atoms with Crippen LogP contribution >= 0.6 is 0 Å². The van der Waals surface area contributed by atoms with E-state index in [0.29, 0.717) is 16.4 Å². The zero-order valence-electron chi connectivity index (χ0n) is 18.5. The predicted molar refractivity (Wildman–Crippen MR) is 117 cm³/mol. The number of hydroxylamine groups is 2. The number of rotatable bonds is 4. The normalized spacial score (nSPS) is 21.4. The topological polar surface area (TPSA) is 98.2 Å². The van der Waals surface area contributed by atoms with Gasteiger partial charge in [0.05, 0.1) is 24.2 Å². The molecular weight excluding hydrogens is 410 g/mol. The largest absolute Gasteiger partial charge is 0.312 e. The van der Waals surface area contributed by atoms with Crippen LogP contribution in [0.15, 0.2) is 36.4 Å². The molecule has 8 nitrogen and oxygen atoms in total. The summed E-state index contributed by atoms with van der Waals surface area (Å²) >= 11 is 0. The maximum atomic E-state index is 13.1. The molecule has 2 saturated heterocycles. The number of imide groups is 2. The van der Waals surface area contributed by atoms with Crippen LogP contribution in [-0.2, 0) is 19.2 Å². The minimum absolute atomic E-state index is 0.274. The summed E-state index contributed by atoms with van der Waals surface area (Å²) in [6.07, 6.45) is -0.547. The van der Waals surface area contributed by atoms with Crippen molar-refractivity contribution in [2.45, 2.75) is 52.6 Å². The second-order valence-electron chi connectivity index (χ2n) is 8.53. The highest BCUT2D eigenvalue weighted by Gasteiger charge is 2.50. The first-order valence-corrected chi connectivity index (χ1v) is 10.5. The van der Waals surface area contributed by atoms with Gasteiger partial charge in [-0.1, -0.05) is 35.4 Å². The van der Waals surface area contributed by atoms with Crippen LogP contribution in [0.1, 0.15) is 35.1 Å². The number of hydrogen-bond donors (Lipinski definition) is 1. The number of benzene rings is 2. The lowest BCUT2D eigenvalue weighted by atomic mass is 10.1. The van der Waals surface area contributed by atoms with Crippen LogP contribution in [0.3, 0.4) is 0 Å². The maximum absolute atomic E-state index is 13.1. The van der Waals surface area contributed by atoms with Crippen molar-refractivity contribution in [3.8, 4) is 0 Å². The summed E-state index contributed by atoms with van der Waals surface area (Å²) in [6, 6.07) is 8.24.